The molecule has 4 nitrogen and oxygen atoms in total. The molecular weight excluding hydrogens is 369 g/mol. The number of nitrogens with one attached hydrogen (secondary N) is 1. The fourth-order valence-corrected chi connectivity index (χ4v) is 3.24. The average Bonchev–Trinajstić information content (AvgIpc) is 3.15. The molecule has 0 aliphatic heterocycles. The lowest BCUT2D eigenvalue weighted by Crippen LogP contribution is -2.36. The summed E-state index contributed by atoms with van der Waals surface area (Å²) >= 11 is 0. The Labute approximate surface area is 160 Å². The minimum absolute atomic E-state index is 0.0651. The molecule has 0 atom stereocenters. The Morgan fingerprint density at radius 2 is 1.93 bits per heavy atom. The molecule has 1 heterocycles. The van der Waals surface area contributed by atoms with Crippen molar-refractivity contribution in [1.29, 1.82) is 5.26 Å². The number of nitrogens with zero attached hydrogens (tertiary/aromatic N) is 1. The number of furan rings is 1. The van der Waals surface area contributed by atoms with Gasteiger partial charge in [0, 0.05) is 17.7 Å². The molecule has 1 amide bonds. The number of hydrogen-bond donors (Lipinski definition) is 1. The summed E-state index contributed by atoms with van der Waals surface area (Å²) < 4.78 is 44.1. The maximum absolute atomic E-state index is 12.9. The fourth-order valence-electron chi connectivity index (χ4n) is 3.24. The smallest absolute Gasteiger partial charge is 0.416 e. The van der Waals surface area contributed by atoms with Crippen molar-refractivity contribution >= 4 is 12.0 Å². The zero-order valence-corrected chi connectivity index (χ0v) is 15.1. The molecule has 1 aromatic heterocycles. The molecule has 146 valence electrons. The normalized spacial score (nSPS) is 15.9. The summed E-state index contributed by atoms with van der Waals surface area (Å²) in [5, 5.41) is 12.1. The van der Waals surface area contributed by atoms with Crippen LogP contribution in [0.4, 0.5) is 13.2 Å². The van der Waals surface area contributed by atoms with E-state index < -0.39 is 17.6 Å². The summed E-state index contributed by atoms with van der Waals surface area (Å²) in [7, 11) is 0. The molecule has 1 saturated carbocycles. The van der Waals surface area contributed by atoms with Crippen LogP contribution in [0.1, 0.15) is 43.4 Å². The van der Waals surface area contributed by atoms with Crippen molar-refractivity contribution in [2.24, 2.45) is 0 Å². The van der Waals surface area contributed by atoms with Gasteiger partial charge in [0.05, 0.1) is 5.56 Å². The van der Waals surface area contributed by atoms with E-state index >= 15 is 0 Å². The summed E-state index contributed by atoms with van der Waals surface area (Å²) in [6, 6.07) is 9.73. The van der Waals surface area contributed by atoms with Crippen LogP contribution < -0.4 is 5.32 Å². The van der Waals surface area contributed by atoms with Crippen LogP contribution in [0.25, 0.3) is 17.4 Å². The zero-order valence-electron chi connectivity index (χ0n) is 15.1. The Balaban J connectivity index is 1.77. The van der Waals surface area contributed by atoms with E-state index in [1.165, 1.54) is 30.3 Å². The summed E-state index contributed by atoms with van der Waals surface area (Å²) in [5.41, 5.74) is -0.613. The largest absolute Gasteiger partial charge is 0.457 e. The van der Waals surface area contributed by atoms with E-state index in [1.807, 2.05) is 6.07 Å². The first-order valence-electron chi connectivity index (χ1n) is 9.07. The molecule has 1 aliphatic rings. The van der Waals surface area contributed by atoms with E-state index in [9.17, 15) is 23.2 Å². The summed E-state index contributed by atoms with van der Waals surface area (Å²) in [6.45, 7) is 0. The van der Waals surface area contributed by atoms with Gasteiger partial charge in [-0.05, 0) is 37.1 Å². The van der Waals surface area contributed by atoms with Gasteiger partial charge in [-0.15, -0.1) is 0 Å². The second kappa shape index (κ2) is 8.34. The Morgan fingerprint density at radius 1 is 1.18 bits per heavy atom. The molecule has 1 aromatic carbocycles. The fraction of sp³-hybridized carbons (Fsp3) is 0.333. The standard InChI is InChI=1S/C21H19F3N2O2/c22-21(23,24)16-6-4-5-14(11-16)19-10-9-18(28-19)12-15(13-25)20(27)26-17-7-2-1-3-8-17/h4-6,9-12,17H,1-3,7-8H2,(H,26,27)/b15-12+. The maximum Gasteiger partial charge on any atom is 0.416 e. The van der Waals surface area contributed by atoms with Crippen LogP contribution in [-0.2, 0) is 11.0 Å². The van der Waals surface area contributed by atoms with E-state index in [0.717, 1.165) is 44.2 Å². The van der Waals surface area contributed by atoms with Gasteiger partial charge in [-0.3, -0.25) is 4.79 Å². The molecule has 0 radical (unpaired) electrons. The maximum atomic E-state index is 12.9. The zero-order chi connectivity index (χ0) is 20.1. The second-order valence-corrected chi connectivity index (χ2v) is 6.76. The third-order valence-corrected chi connectivity index (χ3v) is 4.69. The quantitative estimate of drug-likeness (QED) is 0.569. The lowest BCUT2D eigenvalue weighted by atomic mass is 9.95. The molecule has 7 heteroatoms. The Morgan fingerprint density at radius 3 is 2.61 bits per heavy atom. The highest BCUT2D eigenvalue weighted by Gasteiger charge is 2.30. The highest BCUT2D eigenvalue weighted by atomic mass is 19.4. The van der Waals surface area contributed by atoms with Crippen molar-refractivity contribution in [3.8, 4) is 17.4 Å². The summed E-state index contributed by atoms with van der Waals surface area (Å²) in [4.78, 5) is 12.3. The van der Waals surface area contributed by atoms with Crippen LogP contribution in [0, 0.1) is 11.3 Å². The lowest BCUT2D eigenvalue weighted by Gasteiger charge is -2.22. The van der Waals surface area contributed by atoms with Gasteiger partial charge in [0.15, 0.2) is 0 Å². The third-order valence-electron chi connectivity index (χ3n) is 4.69. The summed E-state index contributed by atoms with van der Waals surface area (Å²) in [6.07, 6.45) is 1.89. The number of nitriles is 1. The van der Waals surface area contributed by atoms with Gasteiger partial charge in [-0.2, -0.15) is 18.4 Å². The Bertz CT molecular complexity index is 916. The predicted molar refractivity (Wildman–Crippen MR) is 97.8 cm³/mol. The van der Waals surface area contributed by atoms with Crippen LogP contribution in [0.2, 0.25) is 0 Å². The minimum Gasteiger partial charge on any atom is -0.457 e. The van der Waals surface area contributed by atoms with Crippen molar-refractivity contribution < 1.29 is 22.4 Å². The SMILES string of the molecule is N#C/C(=C\c1ccc(-c2cccc(C(F)(F)F)c2)o1)C(=O)NC1CCCCC1. The molecule has 2 aromatic rings. The molecule has 1 N–H and O–H groups in total. The highest BCUT2D eigenvalue weighted by molar-refractivity contribution is 6.01. The topological polar surface area (TPSA) is 66.0 Å². The number of alkyl halides is 3. The molecule has 0 saturated heterocycles. The number of amides is 1. The van der Waals surface area contributed by atoms with Crippen molar-refractivity contribution in [3.63, 3.8) is 0 Å². The molecule has 3 rings (SSSR count). The predicted octanol–water partition coefficient (Wildman–Crippen LogP) is 5.32. The van der Waals surface area contributed by atoms with Crippen LogP contribution >= 0.6 is 0 Å². The number of benzene rings is 1. The van der Waals surface area contributed by atoms with Crippen LogP contribution in [0.5, 0.6) is 0 Å². The van der Waals surface area contributed by atoms with E-state index in [1.54, 1.807) is 0 Å². The monoisotopic (exact) mass is 388 g/mol. The van der Waals surface area contributed by atoms with Gasteiger partial charge >= 0.3 is 6.18 Å². The van der Waals surface area contributed by atoms with Gasteiger partial charge in [0.25, 0.3) is 5.91 Å². The van der Waals surface area contributed by atoms with Crippen molar-refractivity contribution in [3.05, 3.63) is 53.3 Å². The van der Waals surface area contributed by atoms with Crippen LogP contribution in [0.15, 0.2) is 46.4 Å². The van der Waals surface area contributed by atoms with Crippen LogP contribution in [-0.4, -0.2) is 11.9 Å². The van der Waals surface area contributed by atoms with Gasteiger partial charge in [-0.25, -0.2) is 0 Å². The van der Waals surface area contributed by atoms with E-state index in [-0.39, 0.29) is 28.7 Å². The van der Waals surface area contributed by atoms with Crippen molar-refractivity contribution in [1.82, 2.24) is 5.32 Å². The van der Waals surface area contributed by atoms with E-state index in [0.29, 0.717) is 0 Å². The highest BCUT2D eigenvalue weighted by Crippen LogP contribution is 2.32. The lowest BCUT2D eigenvalue weighted by molar-refractivity contribution is -0.137. The molecule has 1 aliphatic carbocycles. The number of rotatable bonds is 4. The molecule has 28 heavy (non-hydrogen) atoms. The molecule has 0 spiro atoms. The summed E-state index contributed by atoms with van der Waals surface area (Å²) in [5.74, 6) is -0.0171. The van der Waals surface area contributed by atoms with E-state index in [4.69, 9.17) is 4.42 Å². The number of carbonyl (C=O) groups is 1. The van der Waals surface area contributed by atoms with Gasteiger partial charge < -0.3 is 9.73 Å². The minimum atomic E-state index is -4.45. The molecule has 0 unspecified atom stereocenters. The number of hydrogen-bond acceptors (Lipinski definition) is 3. The van der Waals surface area contributed by atoms with Crippen molar-refractivity contribution in [2.45, 2.75) is 44.3 Å². The number of halogens is 3. The third kappa shape index (κ3) is 4.83. The second-order valence-electron chi connectivity index (χ2n) is 6.76. The Hall–Kier alpha value is -3.01. The molecule has 0 bridgehead atoms. The van der Waals surface area contributed by atoms with Gasteiger partial charge in [-0.1, -0.05) is 31.4 Å². The van der Waals surface area contributed by atoms with Gasteiger partial charge in [0.1, 0.15) is 23.2 Å². The first kappa shape index (κ1) is 19.7. The molecule has 1 fully saturated rings. The first-order chi connectivity index (χ1) is 13.4. The van der Waals surface area contributed by atoms with Crippen molar-refractivity contribution in [2.75, 3.05) is 0 Å². The van der Waals surface area contributed by atoms with Gasteiger partial charge in [0.2, 0.25) is 0 Å². The first-order valence-corrected chi connectivity index (χ1v) is 9.07. The number of carbonyl (C=O) groups excluding carboxylic acids is 1. The van der Waals surface area contributed by atoms with Crippen LogP contribution in [0.3, 0.4) is 0 Å². The average molecular weight is 388 g/mol. The Kier molecular flexibility index (Phi) is 5.88. The molecular formula is C21H19F3N2O2. The van der Waals surface area contributed by atoms with E-state index in [2.05, 4.69) is 5.32 Å².